The molecule has 3 aromatic rings. The molecule has 0 saturated heterocycles. The van der Waals surface area contributed by atoms with Crippen LogP contribution in [0.3, 0.4) is 0 Å². The van der Waals surface area contributed by atoms with Crippen molar-refractivity contribution >= 4 is 21.6 Å². The van der Waals surface area contributed by atoms with E-state index in [2.05, 4.69) is 16.0 Å². The van der Waals surface area contributed by atoms with E-state index in [-0.39, 0.29) is 0 Å². The van der Waals surface area contributed by atoms with Crippen LogP contribution in [0.1, 0.15) is 16.1 Å². The van der Waals surface area contributed by atoms with Crippen molar-refractivity contribution in [2.45, 2.75) is 13.8 Å². The number of aromatic nitrogens is 2. The summed E-state index contributed by atoms with van der Waals surface area (Å²) >= 11 is 1.41. The van der Waals surface area contributed by atoms with Gasteiger partial charge in [-0.2, -0.15) is 5.26 Å². The average Bonchev–Trinajstić information content (AvgIpc) is 2.83. The highest BCUT2D eigenvalue weighted by Crippen LogP contribution is 2.34. The molecule has 0 aliphatic carbocycles. The molecule has 0 atom stereocenters. The lowest BCUT2D eigenvalue weighted by atomic mass is 10.1. The largest absolute Gasteiger partial charge is 0.496 e. The van der Waals surface area contributed by atoms with Crippen LogP contribution in [-0.2, 0) is 0 Å². The minimum atomic E-state index is 0.628. The number of fused-ring (bicyclic) bond motifs is 1. The molecule has 1 aromatic carbocycles. The monoisotopic (exact) mass is 295 g/mol. The van der Waals surface area contributed by atoms with Gasteiger partial charge in [-0.15, -0.1) is 11.3 Å². The summed E-state index contributed by atoms with van der Waals surface area (Å²) in [5, 5.41) is 10.2. The average molecular weight is 295 g/mol. The summed E-state index contributed by atoms with van der Waals surface area (Å²) in [5.74, 6) is 1.37. The Morgan fingerprint density at radius 3 is 2.67 bits per heavy atom. The summed E-state index contributed by atoms with van der Waals surface area (Å²) in [4.78, 5) is 10.8. The molecule has 0 radical (unpaired) electrons. The van der Waals surface area contributed by atoms with E-state index in [1.54, 1.807) is 7.11 Å². The standard InChI is InChI=1S/C16H13N3OS/c1-9-13(8-17)21-16-14(9)10(2)18-15(19-16)11-6-4-5-7-12(11)20-3/h4-7H,1-3H3. The smallest absolute Gasteiger partial charge is 0.164 e. The Kier molecular flexibility index (Phi) is 3.32. The second-order valence-corrected chi connectivity index (χ2v) is 5.68. The predicted molar refractivity (Wildman–Crippen MR) is 83.6 cm³/mol. The van der Waals surface area contributed by atoms with E-state index in [9.17, 15) is 5.26 Å². The molecule has 0 fully saturated rings. The molecule has 104 valence electrons. The van der Waals surface area contributed by atoms with E-state index < -0.39 is 0 Å². The molecule has 0 aliphatic heterocycles. The number of aryl methyl sites for hydroxylation is 2. The maximum Gasteiger partial charge on any atom is 0.164 e. The number of para-hydroxylation sites is 1. The van der Waals surface area contributed by atoms with E-state index in [0.717, 1.165) is 32.8 Å². The Balaban J connectivity index is 2.29. The third-order valence-corrected chi connectivity index (χ3v) is 4.51. The number of thiophene rings is 1. The van der Waals surface area contributed by atoms with Gasteiger partial charge in [0.2, 0.25) is 0 Å². The lowest BCUT2D eigenvalue weighted by Crippen LogP contribution is -1.95. The second kappa shape index (κ2) is 5.15. The zero-order valence-electron chi connectivity index (χ0n) is 12.0. The SMILES string of the molecule is COc1ccccc1-c1nc(C)c2c(C)c(C#N)sc2n1. The third kappa shape index (κ3) is 2.14. The van der Waals surface area contributed by atoms with Crippen molar-refractivity contribution < 1.29 is 4.74 Å². The number of benzene rings is 1. The van der Waals surface area contributed by atoms with Gasteiger partial charge in [-0.3, -0.25) is 0 Å². The van der Waals surface area contributed by atoms with Gasteiger partial charge < -0.3 is 4.74 Å². The van der Waals surface area contributed by atoms with Crippen molar-refractivity contribution in [3.05, 3.63) is 40.4 Å². The van der Waals surface area contributed by atoms with Crippen LogP contribution in [0, 0.1) is 25.2 Å². The normalized spacial score (nSPS) is 10.6. The quantitative estimate of drug-likeness (QED) is 0.720. The summed E-state index contributed by atoms with van der Waals surface area (Å²) in [6.45, 7) is 3.89. The number of methoxy groups -OCH3 is 1. The molecule has 0 aliphatic rings. The van der Waals surface area contributed by atoms with Crippen LogP contribution in [0.15, 0.2) is 24.3 Å². The topological polar surface area (TPSA) is 58.8 Å². The fourth-order valence-electron chi connectivity index (χ4n) is 2.40. The molecule has 0 amide bonds. The second-order valence-electron chi connectivity index (χ2n) is 4.68. The summed E-state index contributed by atoms with van der Waals surface area (Å²) < 4.78 is 5.37. The van der Waals surface area contributed by atoms with Crippen molar-refractivity contribution in [3.8, 4) is 23.2 Å². The van der Waals surface area contributed by atoms with Crippen molar-refractivity contribution in [2.75, 3.05) is 7.11 Å². The number of nitriles is 1. The van der Waals surface area contributed by atoms with E-state index >= 15 is 0 Å². The number of nitrogens with zero attached hydrogens (tertiary/aromatic N) is 3. The van der Waals surface area contributed by atoms with Gasteiger partial charge in [-0.1, -0.05) is 12.1 Å². The zero-order valence-corrected chi connectivity index (χ0v) is 12.8. The lowest BCUT2D eigenvalue weighted by molar-refractivity contribution is 0.416. The molecule has 0 saturated carbocycles. The fraction of sp³-hybridized carbons (Fsp3) is 0.188. The molecule has 0 bridgehead atoms. The first-order valence-electron chi connectivity index (χ1n) is 6.47. The van der Waals surface area contributed by atoms with Crippen LogP contribution < -0.4 is 4.74 Å². The van der Waals surface area contributed by atoms with E-state index in [4.69, 9.17) is 4.74 Å². The van der Waals surface area contributed by atoms with E-state index in [1.807, 2.05) is 38.1 Å². The molecule has 21 heavy (non-hydrogen) atoms. The van der Waals surface area contributed by atoms with Crippen molar-refractivity contribution in [1.82, 2.24) is 9.97 Å². The van der Waals surface area contributed by atoms with Crippen LogP contribution in [0.4, 0.5) is 0 Å². The number of hydrogen-bond acceptors (Lipinski definition) is 5. The first kappa shape index (κ1) is 13.5. The Hall–Kier alpha value is -2.45. The van der Waals surface area contributed by atoms with Gasteiger partial charge in [0.1, 0.15) is 21.5 Å². The molecule has 0 N–H and O–H groups in total. The maximum absolute atomic E-state index is 9.17. The number of ether oxygens (including phenoxy) is 1. The lowest BCUT2D eigenvalue weighted by Gasteiger charge is -2.08. The highest BCUT2D eigenvalue weighted by Gasteiger charge is 2.16. The molecule has 0 spiro atoms. The summed E-state index contributed by atoms with van der Waals surface area (Å²) in [5.41, 5.74) is 2.70. The van der Waals surface area contributed by atoms with E-state index in [0.29, 0.717) is 10.7 Å². The van der Waals surface area contributed by atoms with Crippen molar-refractivity contribution in [2.24, 2.45) is 0 Å². The summed E-state index contributed by atoms with van der Waals surface area (Å²) in [6, 6.07) is 9.89. The van der Waals surface area contributed by atoms with Crippen LogP contribution in [-0.4, -0.2) is 17.1 Å². The Morgan fingerprint density at radius 1 is 1.19 bits per heavy atom. The molecule has 0 unspecified atom stereocenters. The predicted octanol–water partition coefficient (Wildman–Crippen LogP) is 3.86. The number of rotatable bonds is 2. The van der Waals surface area contributed by atoms with Gasteiger partial charge >= 0.3 is 0 Å². The molecular formula is C16H13N3OS. The summed E-state index contributed by atoms with van der Waals surface area (Å²) in [6.07, 6.45) is 0. The minimum Gasteiger partial charge on any atom is -0.496 e. The molecule has 4 nitrogen and oxygen atoms in total. The first-order chi connectivity index (χ1) is 10.2. The fourth-order valence-corrected chi connectivity index (χ4v) is 3.42. The zero-order chi connectivity index (χ0) is 15.0. The van der Waals surface area contributed by atoms with Crippen molar-refractivity contribution in [1.29, 1.82) is 5.26 Å². The summed E-state index contributed by atoms with van der Waals surface area (Å²) in [7, 11) is 1.63. The minimum absolute atomic E-state index is 0.628. The third-order valence-electron chi connectivity index (χ3n) is 3.42. The Bertz CT molecular complexity index is 877. The van der Waals surface area contributed by atoms with Gasteiger partial charge in [-0.05, 0) is 31.5 Å². The highest BCUT2D eigenvalue weighted by atomic mass is 32.1. The van der Waals surface area contributed by atoms with Gasteiger partial charge in [-0.25, -0.2) is 9.97 Å². The van der Waals surface area contributed by atoms with Crippen LogP contribution in [0.2, 0.25) is 0 Å². The van der Waals surface area contributed by atoms with Crippen LogP contribution >= 0.6 is 11.3 Å². The highest BCUT2D eigenvalue weighted by molar-refractivity contribution is 7.19. The first-order valence-corrected chi connectivity index (χ1v) is 7.28. The maximum atomic E-state index is 9.17. The van der Waals surface area contributed by atoms with Gasteiger partial charge in [0.25, 0.3) is 0 Å². The van der Waals surface area contributed by atoms with Crippen LogP contribution in [0.25, 0.3) is 21.6 Å². The molecular weight excluding hydrogens is 282 g/mol. The molecule has 3 rings (SSSR count). The number of hydrogen-bond donors (Lipinski definition) is 0. The van der Waals surface area contributed by atoms with Gasteiger partial charge in [0.15, 0.2) is 5.82 Å². The Labute approximate surface area is 126 Å². The van der Waals surface area contributed by atoms with Gasteiger partial charge in [0.05, 0.1) is 18.4 Å². The van der Waals surface area contributed by atoms with Crippen LogP contribution in [0.5, 0.6) is 5.75 Å². The van der Waals surface area contributed by atoms with Gasteiger partial charge in [0, 0.05) is 5.39 Å². The van der Waals surface area contributed by atoms with Crippen molar-refractivity contribution in [3.63, 3.8) is 0 Å². The molecule has 2 heterocycles. The molecule has 5 heteroatoms. The Morgan fingerprint density at radius 2 is 1.95 bits per heavy atom. The van der Waals surface area contributed by atoms with E-state index in [1.165, 1.54) is 11.3 Å². The molecule has 2 aromatic heterocycles.